The van der Waals surface area contributed by atoms with E-state index < -0.39 is 10.0 Å². The van der Waals surface area contributed by atoms with Crippen molar-refractivity contribution in [2.45, 2.75) is 18.7 Å². The van der Waals surface area contributed by atoms with Crippen LogP contribution < -0.4 is 4.72 Å². The largest absolute Gasteiger partial charge is 0.294 e. The van der Waals surface area contributed by atoms with Crippen LogP contribution in [0.2, 0.25) is 0 Å². The Morgan fingerprint density at radius 2 is 1.60 bits per heavy atom. The van der Waals surface area contributed by atoms with Gasteiger partial charge in [-0.1, -0.05) is 53.8 Å². The third-order valence-corrected chi connectivity index (χ3v) is 6.27. The third-order valence-electron chi connectivity index (χ3n) is 3.61. The van der Waals surface area contributed by atoms with E-state index in [0.717, 1.165) is 22.5 Å². The van der Waals surface area contributed by atoms with E-state index in [0.29, 0.717) is 10.6 Å². The van der Waals surface area contributed by atoms with E-state index in [9.17, 15) is 13.2 Å². The highest BCUT2D eigenvalue weighted by atomic mass is 32.2. The highest BCUT2D eigenvalue weighted by Gasteiger charge is 2.18. The summed E-state index contributed by atoms with van der Waals surface area (Å²) in [7, 11) is -3.75. The lowest BCUT2D eigenvalue weighted by Crippen LogP contribution is -2.12. The topological polar surface area (TPSA) is 76.1 Å². The minimum Gasteiger partial charge on any atom is -0.294 e. The highest BCUT2D eigenvalue weighted by Crippen LogP contribution is 2.26. The highest BCUT2D eigenvalue weighted by molar-refractivity contribution is 7.93. The van der Waals surface area contributed by atoms with Gasteiger partial charge in [0.2, 0.25) is 0 Å². The van der Waals surface area contributed by atoms with Gasteiger partial charge in [-0.2, -0.15) is 0 Å². The maximum Gasteiger partial charge on any atom is 0.263 e. The van der Waals surface area contributed by atoms with Crippen molar-refractivity contribution in [3.05, 3.63) is 65.2 Å². The number of Topliss-reactive ketones (excluding diaryl/α,β-unsaturated/α-hetero) is 1. The molecule has 2 aromatic carbocycles. The van der Waals surface area contributed by atoms with Crippen LogP contribution in [-0.2, 0) is 10.0 Å². The van der Waals surface area contributed by atoms with Crippen molar-refractivity contribution >= 4 is 32.3 Å². The number of aryl methyl sites for hydroxylation is 1. The number of hydrogen-bond donors (Lipinski definition) is 1. The van der Waals surface area contributed by atoms with Crippen molar-refractivity contribution < 1.29 is 13.2 Å². The smallest absolute Gasteiger partial charge is 0.263 e. The number of anilines is 1. The standard InChI is InChI=1S/C18H16N2O3S2/c1-12-17(13(2)21)24-18(19-12)20-25(22,23)16-10-8-15(9-11-16)14-6-4-3-5-7-14/h3-11H,1-2H3,(H,19,20). The number of nitrogens with zero attached hydrogens (tertiary/aromatic N) is 1. The molecule has 128 valence electrons. The molecule has 7 heteroatoms. The van der Waals surface area contributed by atoms with Crippen LogP contribution in [0.4, 0.5) is 5.13 Å². The number of ketones is 1. The predicted molar refractivity (Wildman–Crippen MR) is 99.5 cm³/mol. The van der Waals surface area contributed by atoms with Gasteiger partial charge in [-0.15, -0.1) is 0 Å². The lowest BCUT2D eigenvalue weighted by atomic mass is 10.1. The minimum absolute atomic E-state index is 0.132. The molecule has 1 heterocycles. The molecule has 5 nitrogen and oxygen atoms in total. The average molecular weight is 372 g/mol. The molecule has 0 saturated heterocycles. The van der Waals surface area contributed by atoms with Crippen molar-refractivity contribution in [2.24, 2.45) is 0 Å². The van der Waals surface area contributed by atoms with Crippen LogP contribution in [0, 0.1) is 6.92 Å². The van der Waals surface area contributed by atoms with Crippen LogP contribution >= 0.6 is 11.3 Å². The number of carbonyl (C=O) groups is 1. The van der Waals surface area contributed by atoms with E-state index in [1.807, 2.05) is 30.3 Å². The number of rotatable bonds is 5. The first kappa shape index (κ1) is 17.3. The Labute approximate surface area is 150 Å². The number of sulfonamides is 1. The first-order chi connectivity index (χ1) is 11.9. The molecule has 0 unspecified atom stereocenters. The molecular weight excluding hydrogens is 356 g/mol. The van der Waals surface area contributed by atoms with Crippen LogP contribution in [0.25, 0.3) is 11.1 Å². The quantitative estimate of drug-likeness (QED) is 0.684. The predicted octanol–water partition coefficient (Wildman–Crippen LogP) is 4.12. The van der Waals surface area contributed by atoms with E-state index in [1.54, 1.807) is 31.2 Å². The molecule has 0 atom stereocenters. The van der Waals surface area contributed by atoms with E-state index in [2.05, 4.69) is 9.71 Å². The number of thiazole rings is 1. The average Bonchev–Trinajstić information content (AvgIpc) is 2.95. The summed E-state index contributed by atoms with van der Waals surface area (Å²) in [6.07, 6.45) is 0. The van der Waals surface area contributed by atoms with Gasteiger partial charge < -0.3 is 0 Å². The monoisotopic (exact) mass is 372 g/mol. The molecule has 0 aliphatic carbocycles. The van der Waals surface area contributed by atoms with Gasteiger partial charge >= 0.3 is 0 Å². The van der Waals surface area contributed by atoms with E-state index >= 15 is 0 Å². The normalized spacial score (nSPS) is 11.3. The Morgan fingerprint density at radius 1 is 1.00 bits per heavy atom. The lowest BCUT2D eigenvalue weighted by molar-refractivity contribution is 0.102. The van der Waals surface area contributed by atoms with Gasteiger partial charge in [0, 0.05) is 6.92 Å². The molecule has 0 amide bonds. The first-order valence-electron chi connectivity index (χ1n) is 7.53. The first-order valence-corrected chi connectivity index (χ1v) is 9.83. The van der Waals surface area contributed by atoms with Crippen LogP contribution in [-0.4, -0.2) is 19.2 Å². The minimum atomic E-state index is -3.75. The van der Waals surface area contributed by atoms with E-state index in [1.165, 1.54) is 6.92 Å². The number of aromatic nitrogens is 1. The fourth-order valence-electron chi connectivity index (χ4n) is 2.40. The van der Waals surface area contributed by atoms with Gasteiger partial charge in [-0.05, 0) is 30.2 Å². The second-order valence-corrected chi connectivity index (χ2v) is 8.17. The van der Waals surface area contributed by atoms with Crippen LogP contribution in [0.5, 0.6) is 0 Å². The number of benzene rings is 2. The SMILES string of the molecule is CC(=O)c1sc(NS(=O)(=O)c2ccc(-c3ccccc3)cc2)nc1C. The zero-order valence-electron chi connectivity index (χ0n) is 13.7. The van der Waals surface area contributed by atoms with Crippen LogP contribution in [0.1, 0.15) is 22.3 Å². The zero-order chi connectivity index (χ0) is 18.0. The fraction of sp³-hybridized carbons (Fsp3) is 0.111. The zero-order valence-corrected chi connectivity index (χ0v) is 15.3. The molecule has 25 heavy (non-hydrogen) atoms. The Hall–Kier alpha value is -2.51. The molecule has 3 aromatic rings. The maximum atomic E-state index is 12.5. The summed E-state index contributed by atoms with van der Waals surface area (Å²) < 4.78 is 27.5. The number of nitrogens with one attached hydrogen (secondary N) is 1. The lowest BCUT2D eigenvalue weighted by Gasteiger charge is -2.06. The molecule has 0 aliphatic rings. The Kier molecular flexibility index (Phi) is 4.69. The van der Waals surface area contributed by atoms with Gasteiger partial charge in [0.05, 0.1) is 15.5 Å². The van der Waals surface area contributed by atoms with Crippen molar-refractivity contribution in [1.29, 1.82) is 0 Å². The van der Waals surface area contributed by atoms with Crippen molar-refractivity contribution in [1.82, 2.24) is 4.98 Å². The van der Waals surface area contributed by atoms with Crippen molar-refractivity contribution in [3.8, 4) is 11.1 Å². The Morgan fingerprint density at radius 3 is 2.16 bits per heavy atom. The Balaban J connectivity index is 1.85. The van der Waals surface area contributed by atoms with Crippen molar-refractivity contribution in [3.63, 3.8) is 0 Å². The fourth-order valence-corrected chi connectivity index (χ4v) is 4.49. The van der Waals surface area contributed by atoms with Gasteiger partial charge in [-0.3, -0.25) is 9.52 Å². The molecule has 0 saturated carbocycles. The van der Waals surface area contributed by atoms with Gasteiger partial charge in [0.15, 0.2) is 10.9 Å². The molecule has 1 N–H and O–H groups in total. The summed E-state index contributed by atoms with van der Waals surface area (Å²) in [5.41, 5.74) is 2.47. The molecule has 1 aromatic heterocycles. The molecular formula is C18H16N2O3S2. The summed E-state index contributed by atoms with van der Waals surface area (Å²) in [4.78, 5) is 16.2. The summed E-state index contributed by atoms with van der Waals surface area (Å²) >= 11 is 1.04. The summed E-state index contributed by atoms with van der Waals surface area (Å²) in [6.45, 7) is 3.11. The van der Waals surface area contributed by atoms with Gasteiger partial charge in [0.1, 0.15) is 0 Å². The summed E-state index contributed by atoms with van der Waals surface area (Å²) in [5, 5.41) is 0.190. The molecule has 0 bridgehead atoms. The van der Waals surface area contributed by atoms with Crippen molar-refractivity contribution in [2.75, 3.05) is 4.72 Å². The van der Waals surface area contributed by atoms with Gasteiger partial charge in [0.25, 0.3) is 10.0 Å². The van der Waals surface area contributed by atoms with Gasteiger partial charge in [-0.25, -0.2) is 13.4 Å². The number of hydrogen-bond acceptors (Lipinski definition) is 5. The Bertz CT molecular complexity index is 1010. The maximum absolute atomic E-state index is 12.5. The molecule has 0 fully saturated rings. The third kappa shape index (κ3) is 3.78. The molecule has 0 aliphatic heterocycles. The number of carbonyl (C=O) groups excluding carboxylic acids is 1. The molecule has 0 spiro atoms. The van der Waals surface area contributed by atoms with Crippen LogP contribution in [0.15, 0.2) is 59.5 Å². The second kappa shape index (κ2) is 6.78. The molecule has 0 radical (unpaired) electrons. The van der Waals surface area contributed by atoms with E-state index in [-0.39, 0.29) is 15.8 Å². The molecule has 3 rings (SSSR count). The van der Waals surface area contributed by atoms with Crippen LogP contribution in [0.3, 0.4) is 0 Å². The second-order valence-electron chi connectivity index (χ2n) is 5.49. The summed E-state index contributed by atoms with van der Waals surface area (Å²) in [6, 6.07) is 16.3. The summed E-state index contributed by atoms with van der Waals surface area (Å²) in [5.74, 6) is -0.132. The van der Waals surface area contributed by atoms with E-state index in [4.69, 9.17) is 0 Å².